The zero-order chi connectivity index (χ0) is 22.4. The van der Waals surface area contributed by atoms with Crippen LogP contribution in [0.2, 0.25) is 0 Å². The number of Topliss-reactive ketones (excluding diaryl/α,β-unsaturated/α-hetero) is 2. The Hall–Kier alpha value is -2.16. The van der Waals surface area contributed by atoms with Crippen molar-refractivity contribution in [1.29, 1.82) is 0 Å². The van der Waals surface area contributed by atoms with Crippen LogP contribution < -0.4 is 9.81 Å². The first kappa shape index (κ1) is 23.5. The summed E-state index contributed by atoms with van der Waals surface area (Å²) >= 11 is -2.67. The fourth-order valence-electron chi connectivity index (χ4n) is 3.69. The molecule has 0 saturated carbocycles. The number of hydrogen-bond acceptors (Lipinski definition) is 3. The van der Waals surface area contributed by atoms with E-state index in [1.807, 2.05) is 24.3 Å². The summed E-state index contributed by atoms with van der Waals surface area (Å²) in [5, 5.41) is 0. The van der Waals surface area contributed by atoms with Crippen LogP contribution in [0.1, 0.15) is 59.0 Å². The van der Waals surface area contributed by atoms with Crippen molar-refractivity contribution >= 4 is 43.1 Å². The first-order chi connectivity index (χ1) is 14.9. The normalized spacial score (nSPS) is 11.0. The summed E-state index contributed by atoms with van der Waals surface area (Å²) in [6, 6.07) is 23.0. The van der Waals surface area contributed by atoms with Crippen molar-refractivity contribution in [1.82, 2.24) is 0 Å². The minimum atomic E-state index is -2.67. The Morgan fingerprint density at radius 1 is 0.806 bits per heavy atom. The standard InChI is InChI=1S/C11H15O.2C8H7O.Bi/c1-3-5-10-6-4-7-11(8-10)9-12-2;2*1-7(9)8-5-3-2-4-6-8;/h4,6,8H,3,5,9H2,1-2H3;2*3-6H,1H3;. The molecule has 0 heterocycles. The second-order valence-electron chi connectivity index (χ2n) is 7.69. The molecule has 0 saturated heterocycles. The first-order valence-electron chi connectivity index (χ1n) is 10.6. The number of benzene rings is 3. The maximum absolute atomic E-state index is 11.8. The number of carbonyl (C=O) groups is 2. The molecule has 0 aliphatic carbocycles. The number of hydrogen-bond donors (Lipinski definition) is 0. The molecule has 3 nitrogen and oxygen atoms in total. The molecule has 0 fully saturated rings. The quantitative estimate of drug-likeness (QED) is 0.274. The van der Waals surface area contributed by atoms with Gasteiger partial charge >= 0.3 is 194 Å². The van der Waals surface area contributed by atoms with Crippen molar-refractivity contribution in [3.8, 4) is 0 Å². The zero-order valence-corrected chi connectivity index (χ0v) is 22.1. The summed E-state index contributed by atoms with van der Waals surface area (Å²) in [4.78, 5) is 23.5. The van der Waals surface area contributed by atoms with E-state index in [1.54, 1.807) is 21.0 Å². The molecule has 0 atom stereocenters. The molecule has 0 aromatic heterocycles. The average molecular weight is 611 g/mol. The van der Waals surface area contributed by atoms with Crippen LogP contribution in [0, 0.1) is 0 Å². The second kappa shape index (κ2) is 10.9. The third-order valence-electron chi connectivity index (χ3n) is 5.29. The third-order valence-corrected chi connectivity index (χ3v) is 15.2. The summed E-state index contributed by atoms with van der Waals surface area (Å²) in [7, 11) is 1.74. The average Bonchev–Trinajstić information content (AvgIpc) is 2.76. The van der Waals surface area contributed by atoms with Gasteiger partial charge in [-0.3, -0.25) is 0 Å². The van der Waals surface area contributed by atoms with Crippen LogP contribution in [0.5, 0.6) is 0 Å². The van der Waals surface area contributed by atoms with Gasteiger partial charge < -0.3 is 0 Å². The van der Waals surface area contributed by atoms with Crippen molar-refractivity contribution in [3.63, 3.8) is 0 Å². The molecule has 3 rings (SSSR count). The van der Waals surface area contributed by atoms with Crippen LogP contribution in [-0.4, -0.2) is 40.4 Å². The molecule has 0 spiro atoms. The Morgan fingerprint density at radius 3 is 1.74 bits per heavy atom. The molecule has 0 bridgehead atoms. The van der Waals surface area contributed by atoms with Crippen LogP contribution in [-0.2, 0) is 17.8 Å². The molecule has 0 unspecified atom stereocenters. The van der Waals surface area contributed by atoms with E-state index in [9.17, 15) is 9.59 Å². The summed E-state index contributed by atoms with van der Waals surface area (Å²) in [6.07, 6.45) is 2.16. The SMILES string of the molecule is CCCc1cc[c]([Bi]([c]2ccc(C(C)=O)cc2)[c]2ccc(C(C)=O)cc2)c(COC)c1. The van der Waals surface area contributed by atoms with Gasteiger partial charge in [0.15, 0.2) is 0 Å². The number of methoxy groups -OCH3 is 1. The predicted octanol–water partition coefficient (Wildman–Crippen LogP) is 3.71. The molecule has 0 aliphatic heterocycles. The van der Waals surface area contributed by atoms with Crippen LogP contribution in [0.3, 0.4) is 0 Å². The second-order valence-corrected chi connectivity index (χ2v) is 16.2. The molecule has 160 valence electrons. The summed E-state index contributed by atoms with van der Waals surface area (Å²) in [6.45, 7) is 5.96. The van der Waals surface area contributed by atoms with Crippen LogP contribution in [0.4, 0.5) is 0 Å². The van der Waals surface area contributed by atoms with Gasteiger partial charge in [0.1, 0.15) is 0 Å². The van der Waals surface area contributed by atoms with Gasteiger partial charge in [-0.25, -0.2) is 0 Å². The van der Waals surface area contributed by atoms with Gasteiger partial charge in [-0.2, -0.15) is 0 Å². The number of ketones is 2. The van der Waals surface area contributed by atoms with Crippen LogP contribution >= 0.6 is 0 Å². The van der Waals surface area contributed by atoms with E-state index in [1.165, 1.54) is 20.9 Å². The Labute approximate surface area is 193 Å². The summed E-state index contributed by atoms with van der Waals surface area (Å²) in [5.41, 5.74) is 4.05. The van der Waals surface area contributed by atoms with Crippen LogP contribution in [0.15, 0.2) is 66.7 Å². The summed E-state index contributed by atoms with van der Waals surface area (Å²) in [5.74, 6) is 0.152. The van der Waals surface area contributed by atoms with E-state index in [2.05, 4.69) is 49.4 Å². The van der Waals surface area contributed by atoms with Crippen molar-refractivity contribution in [2.45, 2.75) is 40.2 Å². The van der Waals surface area contributed by atoms with Gasteiger partial charge in [0, 0.05) is 0 Å². The Morgan fingerprint density at radius 2 is 1.32 bits per heavy atom. The molecular weight excluding hydrogens is 581 g/mol. The van der Waals surface area contributed by atoms with E-state index in [0.717, 1.165) is 24.0 Å². The van der Waals surface area contributed by atoms with Gasteiger partial charge in [-0.15, -0.1) is 0 Å². The number of carbonyl (C=O) groups excluding carboxylic acids is 2. The van der Waals surface area contributed by atoms with Crippen molar-refractivity contribution in [2.75, 3.05) is 7.11 Å². The van der Waals surface area contributed by atoms with Crippen molar-refractivity contribution in [3.05, 3.63) is 89.0 Å². The van der Waals surface area contributed by atoms with E-state index < -0.39 is 21.8 Å². The van der Waals surface area contributed by atoms with Gasteiger partial charge in [-0.05, 0) is 0 Å². The summed E-state index contributed by atoms with van der Waals surface area (Å²) < 4.78 is 9.55. The van der Waals surface area contributed by atoms with E-state index in [4.69, 9.17) is 4.74 Å². The number of aryl methyl sites for hydroxylation is 1. The zero-order valence-electron chi connectivity index (χ0n) is 18.6. The molecule has 0 aliphatic rings. The van der Waals surface area contributed by atoms with Crippen molar-refractivity contribution in [2.24, 2.45) is 0 Å². The topological polar surface area (TPSA) is 43.4 Å². The molecule has 0 N–H and O–H groups in total. The predicted molar refractivity (Wildman–Crippen MR) is 129 cm³/mol. The van der Waals surface area contributed by atoms with E-state index >= 15 is 0 Å². The molecule has 0 amide bonds. The maximum atomic E-state index is 11.8. The van der Waals surface area contributed by atoms with Gasteiger partial charge in [0.2, 0.25) is 0 Å². The molecule has 3 aromatic rings. The minimum absolute atomic E-state index is 0.0762. The van der Waals surface area contributed by atoms with Crippen LogP contribution in [0.25, 0.3) is 0 Å². The fraction of sp³-hybridized carbons (Fsp3) is 0.259. The Kier molecular flexibility index (Phi) is 8.29. The first-order valence-corrected chi connectivity index (χ1v) is 15.8. The van der Waals surface area contributed by atoms with E-state index in [-0.39, 0.29) is 11.6 Å². The molecule has 0 radical (unpaired) electrons. The van der Waals surface area contributed by atoms with Gasteiger partial charge in [-0.1, -0.05) is 0 Å². The fourth-order valence-corrected chi connectivity index (χ4v) is 13.0. The van der Waals surface area contributed by atoms with Gasteiger partial charge in [0.05, 0.1) is 0 Å². The van der Waals surface area contributed by atoms with Crippen molar-refractivity contribution < 1.29 is 14.3 Å². The van der Waals surface area contributed by atoms with E-state index in [0.29, 0.717) is 6.61 Å². The number of rotatable bonds is 9. The third kappa shape index (κ3) is 5.76. The number of ether oxygens (including phenoxy) is 1. The molecule has 3 aromatic carbocycles. The monoisotopic (exact) mass is 610 g/mol. The Bertz CT molecular complexity index is 995. The molecular formula is C27H29BiO3. The molecule has 31 heavy (non-hydrogen) atoms. The Balaban J connectivity index is 2.15. The molecule has 4 heteroatoms. The van der Waals surface area contributed by atoms with Gasteiger partial charge in [0.25, 0.3) is 0 Å².